The second-order valence-electron chi connectivity index (χ2n) is 5.55. The van der Waals surface area contributed by atoms with Crippen molar-refractivity contribution in [1.82, 2.24) is 5.32 Å². The molecule has 1 nitrogen and oxygen atoms in total. The maximum atomic E-state index is 6.16. The van der Waals surface area contributed by atoms with Crippen molar-refractivity contribution in [3.63, 3.8) is 0 Å². The minimum Gasteiger partial charge on any atom is -0.306 e. The van der Waals surface area contributed by atoms with Gasteiger partial charge in [-0.25, -0.2) is 0 Å². The van der Waals surface area contributed by atoms with Gasteiger partial charge >= 0.3 is 0 Å². The molecule has 106 valence electrons. The van der Waals surface area contributed by atoms with Gasteiger partial charge in [0.05, 0.1) is 0 Å². The van der Waals surface area contributed by atoms with Gasteiger partial charge in [0, 0.05) is 17.6 Å². The molecule has 0 saturated heterocycles. The van der Waals surface area contributed by atoms with Crippen molar-refractivity contribution in [3.8, 4) is 0 Å². The van der Waals surface area contributed by atoms with Crippen LogP contribution in [0.15, 0.2) is 36.4 Å². The van der Waals surface area contributed by atoms with E-state index in [4.69, 9.17) is 11.6 Å². The fourth-order valence-corrected chi connectivity index (χ4v) is 2.56. The molecule has 0 aromatic heterocycles. The Labute approximate surface area is 127 Å². The van der Waals surface area contributed by atoms with Gasteiger partial charge in [-0.3, -0.25) is 0 Å². The zero-order valence-corrected chi connectivity index (χ0v) is 13.4. The Bertz CT molecular complexity index is 604. The SMILES string of the molecule is Cc1ccc(C)c(C(C)NCc2ccc(C)c(Cl)c2)c1. The Hall–Kier alpha value is -1.31. The Kier molecular flexibility index (Phi) is 4.85. The molecule has 1 unspecified atom stereocenters. The molecule has 0 amide bonds. The summed E-state index contributed by atoms with van der Waals surface area (Å²) in [6, 6.07) is 13.2. The molecule has 0 aliphatic rings. The van der Waals surface area contributed by atoms with E-state index in [-0.39, 0.29) is 0 Å². The van der Waals surface area contributed by atoms with Crippen molar-refractivity contribution in [2.24, 2.45) is 0 Å². The molecule has 0 aliphatic carbocycles. The maximum absolute atomic E-state index is 6.16. The van der Waals surface area contributed by atoms with Crippen LogP contribution in [-0.4, -0.2) is 0 Å². The van der Waals surface area contributed by atoms with Crippen LogP contribution in [-0.2, 0) is 6.54 Å². The van der Waals surface area contributed by atoms with E-state index in [9.17, 15) is 0 Å². The number of benzene rings is 2. The summed E-state index contributed by atoms with van der Waals surface area (Å²) in [7, 11) is 0. The second kappa shape index (κ2) is 6.43. The van der Waals surface area contributed by atoms with E-state index in [0.717, 1.165) is 17.1 Å². The van der Waals surface area contributed by atoms with Crippen molar-refractivity contribution in [2.75, 3.05) is 0 Å². The second-order valence-corrected chi connectivity index (χ2v) is 5.95. The fourth-order valence-electron chi connectivity index (χ4n) is 2.35. The first kappa shape index (κ1) is 15.1. The molecule has 0 bridgehead atoms. The molecule has 2 heteroatoms. The summed E-state index contributed by atoms with van der Waals surface area (Å²) in [5.41, 5.74) is 6.34. The zero-order valence-electron chi connectivity index (χ0n) is 12.6. The van der Waals surface area contributed by atoms with Crippen LogP contribution >= 0.6 is 11.6 Å². The summed E-state index contributed by atoms with van der Waals surface area (Å²) in [5.74, 6) is 0. The van der Waals surface area contributed by atoms with E-state index in [1.165, 1.54) is 22.3 Å². The summed E-state index contributed by atoms with van der Waals surface area (Å²) in [6.07, 6.45) is 0. The molecule has 0 spiro atoms. The summed E-state index contributed by atoms with van der Waals surface area (Å²) in [4.78, 5) is 0. The van der Waals surface area contributed by atoms with Crippen molar-refractivity contribution in [1.29, 1.82) is 0 Å². The van der Waals surface area contributed by atoms with Crippen LogP contribution < -0.4 is 5.32 Å². The highest BCUT2D eigenvalue weighted by Crippen LogP contribution is 2.20. The van der Waals surface area contributed by atoms with Crippen LogP contribution in [0.25, 0.3) is 0 Å². The fraction of sp³-hybridized carbons (Fsp3) is 0.333. The highest BCUT2D eigenvalue weighted by molar-refractivity contribution is 6.31. The normalized spacial score (nSPS) is 12.4. The molecule has 0 saturated carbocycles. The number of hydrogen-bond donors (Lipinski definition) is 1. The minimum atomic E-state index is 0.329. The predicted octanol–water partition coefficient (Wildman–Crippen LogP) is 5.12. The van der Waals surface area contributed by atoms with Crippen molar-refractivity contribution in [2.45, 2.75) is 40.3 Å². The summed E-state index contributed by atoms with van der Waals surface area (Å²) in [6.45, 7) is 9.36. The van der Waals surface area contributed by atoms with Gasteiger partial charge in [0.25, 0.3) is 0 Å². The van der Waals surface area contributed by atoms with Crippen LogP contribution in [0.1, 0.15) is 40.8 Å². The molecule has 0 heterocycles. The third kappa shape index (κ3) is 3.62. The highest BCUT2D eigenvalue weighted by Gasteiger charge is 2.08. The summed E-state index contributed by atoms with van der Waals surface area (Å²) < 4.78 is 0. The Morgan fingerprint density at radius 2 is 1.70 bits per heavy atom. The molecule has 2 rings (SSSR count). The van der Waals surface area contributed by atoms with Crippen molar-refractivity contribution < 1.29 is 0 Å². The molecule has 0 aliphatic heterocycles. The van der Waals surface area contributed by atoms with E-state index in [2.05, 4.69) is 56.4 Å². The molecule has 20 heavy (non-hydrogen) atoms. The van der Waals surface area contributed by atoms with Gasteiger partial charge < -0.3 is 5.32 Å². The van der Waals surface area contributed by atoms with Gasteiger partial charge in [0.15, 0.2) is 0 Å². The van der Waals surface area contributed by atoms with Gasteiger partial charge in [-0.2, -0.15) is 0 Å². The monoisotopic (exact) mass is 287 g/mol. The lowest BCUT2D eigenvalue weighted by Crippen LogP contribution is -2.19. The maximum Gasteiger partial charge on any atom is 0.0438 e. The Balaban J connectivity index is 2.06. The Morgan fingerprint density at radius 3 is 2.40 bits per heavy atom. The number of hydrogen-bond acceptors (Lipinski definition) is 1. The largest absolute Gasteiger partial charge is 0.306 e. The third-order valence-corrected chi connectivity index (χ3v) is 4.16. The molecule has 2 aromatic rings. The van der Waals surface area contributed by atoms with E-state index in [0.29, 0.717) is 6.04 Å². The number of aryl methyl sites for hydroxylation is 3. The topological polar surface area (TPSA) is 12.0 Å². The van der Waals surface area contributed by atoms with Gasteiger partial charge in [-0.05, 0) is 56.0 Å². The van der Waals surface area contributed by atoms with E-state index >= 15 is 0 Å². The Morgan fingerprint density at radius 1 is 1.00 bits per heavy atom. The molecule has 0 radical (unpaired) electrons. The molecule has 2 aromatic carbocycles. The number of nitrogens with one attached hydrogen (secondary N) is 1. The van der Waals surface area contributed by atoms with Gasteiger partial charge in [-0.15, -0.1) is 0 Å². The van der Waals surface area contributed by atoms with Crippen LogP contribution in [0.3, 0.4) is 0 Å². The smallest absolute Gasteiger partial charge is 0.0438 e. The quantitative estimate of drug-likeness (QED) is 0.823. The number of rotatable bonds is 4. The lowest BCUT2D eigenvalue weighted by Gasteiger charge is -2.17. The average Bonchev–Trinajstić information content (AvgIpc) is 2.42. The van der Waals surface area contributed by atoms with Crippen molar-refractivity contribution >= 4 is 11.6 Å². The highest BCUT2D eigenvalue weighted by atomic mass is 35.5. The van der Waals surface area contributed by atoms with Crippen LogP contribution in [0.2, 0.25) is 5.02 Å². The zero-order chi connectivity index (χ0) is 14.7. The molecular weight excluding hydrogens is 266 g/mol. The van der Waals surface area contributed by atoms with E-state index < -0.39 is 0 Å². The van der Waals surface area contributed by atoms with Crippen LogP contribution in [0.5, 0.6) is 0 Å². The van der Waals surface area contributed by atoms with Gasteiger partial charge in [0.1, 0.15) is 0 Å². The molecule has 1 N–H and O–H groups in total. The first-order valence-electron chi connectivity index (χ1n) is 7.03. The van der Waals surface area contributed by atoms with Gasteiger partial charge in [-0.1, -0.05) is 47.5 Å². The first-order chi connectivity index (χ1) is 9.47. The average molecular weight is 288 g/mol. The van der Waals surface area contributed by atoms with Gasteiger partial charge in [0.2, 0.25) is 0 Å². The van der Waals surface area contributed by atoms with Crippen LogP contribution in [0.4, 0.5) is 0 Å². The first-order valence-corrected chi connectivity index (χ1v) is 7.40. The third-order valence-electron chi connectivity index (χ3n) is 3.75. The standard InChI is InChI=1S/C18H22ClN/c1-12-5-6-13(2)17(9-12)15(4)20-11-16-8-7-14(3)18(19)10-16/h5-10,15,20H,11H2,1-4H3. The van der Waals surface area contributed by atoms with E-state index in [1.54, 1.807) is 0 Å². The van der Waals surface area contributed by atoms with Crippen LogP contribution in [0, 0.1) is 20.8 Å². The van der Waals surface area contributed by atoms with E-state index in [1.807, 2.05) is 13.0 Å². The summed E-state index contributed by atoms with van der Waals surface area (Å²) >= 11 is 6.16. The minimum absolute atomic E-state index is 0.329. The molecular formula is C18H22ClN. The lowest BCUT2D eigenvalue weighted by molar-refractivity contribution is 0.572. The molecule has 1 atom stereocenters. The number of halogens is 1. The van der Waals surface area contributed by atoms with Crippen molar-refractivity contribution in [3.05, 3.63) is 69.2 Å². The lowest BCUT2D eigenvalue weighted by atomic mass is 10.00. The predicted molar refractivity (Wildman–Crippen MR) is 87.4 cm³/mol. The summed E-state index contributed by atoms with van der Waals surface area (Å²) in [5, 5.41) is 4.41. The molecule has 0 fully saturated rings.